The number of aryl methyl sites for hydroxylation is 1. The zero-order valence-corrected chi connectivity index (χ0v) is 13.0. The highest BCUT2D eigenvalue weighted by atomic mass is 16.5. The summed E-state index contributed by atoms with van der Waals surface area (Å²) in [7, 11) is 1.66. The minimum atomic E-state index is -0.559. The first kappa shape index (κ1) is 16.5. The van der Waals surface area contributed by atoms with Gasteiger partial charge in [-0.05, 0) is 43.0 Å². The fourth-order valence-electron chi connectivity index (χ4n) is 2.19. The number of likely N-dealkylation sites (N-methyl/N-ethyl adjacent to an activating group) is 1. The second-order valence-corrected chi connectivity index (χ2v) is 5.42. The van der Waals surface area contributed by atoms with E-state index in [1.54, 1.807) is 14.0 Å². The van der Waals surface area contributed by atoms with Crippen LogP contribution in [-0.2, 0) is 4.79 Å². The third-order valence-electron chi connectivity index (χ3n) is 3.34. The summed E-state index contributed by atoms with van der Waals surface area (Å²) in [4.78, 5) is 13.5. The van der Waals surface area contributed by atoms with Crippen LogP contribution in [0.25, 0.3) is 0 Å². The highest BCUT2D eigenvalue weighted by molar-refractivity contribution is 5.80. The summed E-state index contributed by atoms with van der Waals surface area (Å²) in [6.07, 6.45) is -0.559. The Labute approximate surface area is 121 Å². The Morgan fingerprint density at radius 3 is 2.50 bits per heavy atom. The quantitative estimate of drug-likeness (QED) is 0.869. The number of amides is 1. The van der Waals surface area contributed by atoms with Crippen LogP contribution < -0.4 is 4.74 Å². The van der Waals surface area contributed by atoms with Crippen molar-refractivity contribution in [3.05, 3.63) is 29.3 Å². The van der Waals surface area contributed by atoms with E-state index in [2.05, 4.69) is 13.8 Å². The maximum Gasteiger partial charge on any atom is 0.263 e. The lowest BCUT2D eigenvalue weighted by atomic mass is 9.98. The van der Waals surface area contributed by atoms with Crippen LogP contribution in [0, 0.1) is 6.92 Å². The number of hydrogen-bond donors (Lipinski definition) is 1. The lowest BCUT2D eigenvalue weighted by Gasteiger charge is -2.22. The van der Waals surface area contributed by atoms with Crippen molar-refractivity contribution >= 4 is 5.91 Å². The molecule has 1 rings (SSSR count). The zero-order valence-electron chi connectivity index (χ0n) is 13.0. The molecule has 0 heterocycles. The molecule has 1 atom stereocenters. The molecule has 0 aliphatic rings. The van der Waals surface area contributed by atoms with Gasteiger partial charge in [-0.2, -0.15) is 0 Å². The van der Waals surface area contributed by atoms with Crippen LogP contribution >= 0.6 is 0 Å². The van der Waals surface area contributed by atoms with E-state index < -0.39 is 6.10 Å². The highest BCUT2D eigenvalue weighted by Gasteiger charge is 2.19. The maximum atomic E-state index is 12.0. The summed E-state index contributed by atoms with van der Waals surface area (Å²) in [6, 6.07) is 5.91. The van der Waals surface area contributed by atoms with Crippen LogP contribution in [0.4, 0.5) is 0 Å². The Morgan fingerprint density at radius 1 is 1.35 bits per heavy atom. The number of hydrogen-bond acceptors (Lipinski definition) is 3. The second-order valence-electron chi connectivity index (χ2n) is 5.42. The molecule has 0 fully saturated rings. The molecular weight excluding hydrogens is 254 g/mol. The Hall–Kier alpha value is -1.55. The number of aliphatic hydroxyl groups is 1. The van der Waals surface area contributed by atoms with Gasteiger partial charge in [-0.1, -0.05) is 19.9 Å². The first-order chi connectivity index (χ1) is 9.36. The minimum Gasteiger partial charge on any atom is -0.481 e. The molecule has 4 heteroatoms. The molecule has 0 bridgehead atoms. The molecular formula is C16H25NO3. The van der Waals surface area contributed by atoms with Crippen molar-refractivity contribution in [2.75, 3.05) is 20.2 Å². The van der Waals surface area contributed by atoms with Crippen molar-refractivity contribution in [1.29, 1.82) is 0 Å². The fraction of sp³-hybridized carbons (Fsp3) is 0.562. The molecule has 1 aromatic carbocycles. The van der Waals surface area contributed by atoms with Gasteiger partial charge >= 0.3 is 0 Å². The number of rotatable bonds is 6. The molecule has 0 saturated heterocycles. The van der Waals surface area contributed by atoms with Gasteiger partial charge in [0.2, 0.25) is 0 Å². The standard InChI is InChI=1S/C16H25NO3/c1-11(2)15-7-6-14(10-12(15)3)20-13(4)16(19)17(5)8-9-18/h6-7,10-11,13,18H,8-9H2,1-5H3. The van der Waals surface area contributed by atoms with Crippen LogP contribution in [0.15, 0.2) is 18.2 Å². The van der Waals surface area contributed by atoms with Crippen LogP contribution in [-0.4, -0.2) is 42.2 Å². The summed E-state index contributed by atoms with van der Waals surface area (Å²) in [6.45, 7) is 8.35. The van der Waals surface area contributed by atoms with E-state index in [1.165, 1.54) is 16.0 Å². The van der Waals surface area contributed by atoms with E-state index in [-0.39, 0.29) is 12.5 Å². The van der Waals surface area contributed by atoms with Gasteiger partial charge in [0.25, 0.3) is 5.91 Å². The van der Waals surface area contributed by atoms with Crippen molar-refractivity contribution in [2.45, 2.75) is 39.7 Å². The molecule has 112 valence electrons. The lowest BCUT2D eigenvalue weighted by molar-refractivity contribution is -0.137. The predicted molar refractivity (Wildman–Crippen MR) is 80.1 cm³/mol. The van der Waals surface area contributed by atoms with E-state index in [0.29, 0.717) is 18.2 Å². The predicted octanol–water partition coefficient (Wildman–Crippen LogP) is 2.34. The van der Waals surface area contributed by atoms with E-state index in [9.17, 15) is 4.79 Å². The molecule has 0 aromatic heterocycles. The van der Waals surface area contributed by atoms with Crippen LogP contribution in [0.3, 0.4) is 0 Å². The maximum absolute atomic E-state index is 12.0. The third kappa shape index (κ3) is 4.23. The van der Waals surface area contributed by atoms with Crippen molar-refractivity contribution in [1.82, 2.24) is 4.90 Å². The third-order valence-corrected chi connectivity index (χ3v) is 3.34. The van der Waals surface area contributed by atoms with Gasteiger partial charge in [0, 0.05) is 13.6 Å². The van der Waals surface area contributed by atoms with Gasteiger partial charge in [0.1, 0.15) is 5.75 Å². The number of ether oxygens (including phenoxy) is 1. The van der Waals surface area contributed by atoms with Gasteiger partial charge in [-0.25, -0.2) is 0 Å². The first-order valence-corrected chi connectivity index (χ1v) is 6.99. The Bertz CT molecular complexity index is 457. The van der Waals surface area contributed by atoms with E-state index >= 15 is 0 Å². The smallest absolute Gasteiger partial charge is 0.263 e. The molecule has 20 heavy (non-hydrogen) atoms. The average Bonchev–Trinajstić information content (AvgIpc) is 2.37. The summed E-state index contributed by atoms with van der Waals surface area (Å²) in [5.41, 5.74) is 2.45. The average molecular weight is 279 g/mol. The van der Waals surface area contributed by atoms with Crippen molar-refractivity contribution in [2.24, 2.45) is 0 Å². The van der Waals surface area contributed by atoms with Crippen molar-refractivity contribution in [3.8, 4) is 5.75 Å². The molecule has 1 unspecified atom stereocenters. The van der Waals surface area contributed by atoms with Crippen LogP contribution in [0.5, 0.6) is 5.75 Å². The zero-order chi connectivity index (χ0) is 15.3. The molecule has 1 amide bonds. The van der Waals surface area contributed by atoms with Crippen molar-refractivity contribution < 1.29 is 14.6 Å². The first-order valence-electron chi connectivity index (χ1n) is 6.99. The second kappa shape index (κ2) is 7.29. The molecule has 0 aliphatic heterocycles. The van der Waals surface area contributed by atoms with E-state index in [1.807, 2.05) is 25.1 Å². The lowest BCUT2D eigenvalue weighted by Crippen LogP contribution is -2.39. The summed E-state index contributed by atoms with van der Waals surface area (Å²) >= 11 is 0. The Kier molecular flexibility index (Phi) is 6.02. The molecule has 0 radical (unpaired) electrons. The van der Waals surface area contributed by atoms with Crippen LogP contribution in [0.1, 0.15) is 37.8 Å². The number of carbonyl (C=O) groups is 1. The molecule has 4 nitrogen and oxygen atoms in total. The Balaban J connectivity index is 2.73. The van der Waals surface area contributed by atoms with E-state index in [0.717, 1.165) is 0 Å². The number of benzene rings is 1. The molecule has 1 aromatic rings. The minimum absolute atomic E-state index is 0.0445. The number of carbonyl (C=O) groups excluding carboxylic acids is 1. The normalized spacial score (nSPS) is 12.3. The SMILES string of the molecule is Cc1cc(OC(C)C(=O)N(C)CCO)ccc1C(C)C. The number of nitrogens with zero attached hydrogens (tertiary/aromatic N) is 1. The van der Waals surface area contributed by atoms with Gasteiger partial charge in [0.05, 0.1) is 6.61 Å². The van der Waals surface area contributed by atoms with Crippen molar-refractivity contribution in [3.63, 3.8) is 0 Å². The molecule has 1 N–H and O–H groups in total. The Morgan fingerprint density at radius 2 is 2.00 bits per heavy atom. The number of aliphatic hydroxyl groups excluding tert-OH is 1. The van der Waals surface area contributed by atoms with Gasteiger partial charge in [-0.3, -0.25) is 4.79 Å². The fourth-order valence-corrected chi connectivity index (χ4v) is 2.19. The van der Waals surface area contributed by atoms with Gasteiger partial charge in [0.15, 0.2) is 6.10 Å². The summed E-state index contributed by atoms with van der Waals surface area (Å²) in [5.74, 6) is 1.04. The van der Waals surface area contributed by atoms with Gasteiger partial charge < -0.3 is 14.7 Å². The molecule has 0 aliphatic carbocycles. The molecule has 0 spiro atoms. The summed E-state index contributed by atoms with van der Waals surface area (Å²) < 4.78 is 5.69. The highest BCUT2D eigenvalue weighted by Crippen LogP contribution is 2.24. The van der Waals surface area contributed by atoms with E-state index in [4.69, 9.17) is 9.84 Å². The van der Waals surface area contributed by atoms with Crippen LogP contribution in [0.2, 0.25) is 0 Å². The molecule has 0 saturated carbocycles. The van der Waals surface area contributed by atoms with Gasteiger partial charge in [-0.15, -0.1) is 0 Å². The topological polar surface area (TPSA) is 49.8 Å². The summed E-state index contributed by atoms with van der Waals surface area (Å²) in [5, 5.41) is 8.84. The largest absolute Gasteiger partial charge is 0.481 e. The monoisotopic (exact) mass is 279 g/mol.